The molecular formula is C9H14O. The molecule has 0 heterocycles. The van der Waals surface area contributed by atoms with Crippen LogP contribution in [0.3, 0.4) is 0 Å². The number of aliphatic hydroxyl groups excluding tert-OH is 1. The molecule has 0 aromatic heterocycles. The normalized spacial score (nSPS) is 21.8. The van der Waals surface area contributed by atoms with Gasteiger partial charge in [-0.1, -0.05) is 18.8 Å². The minimum atomic E-state index is -0.0191. The Morgan fingerprint density at radius 1 is 1.40 bits per heavy atom. The second-order valence-corrected chi connectivity index (χ2v) is 3.02. The zero-order valence-corrected chi connectivity index (χ0v) is 6.48. The Bertz CT molecular complexity index is 155. The van der Waals surface area contributed by atoms with Gasteiger partial charge < -0.3 is 5.11 Å². The van der Waals surface area contributed by atoms with E-state index in [9.17, 15) is 0 Å². The molecule has 0 unspecified atom stereocenters. The van der Waals surface area contributed by atoms with Gasteiger partial charge in [0.25, 0.3) is 0 Å². The number of hydrogen-bond donors (Lipinski definition) is 1. The van der Waals surface area contributed by atoms with Gasteiger partial charge >= 0.3 is 0 Å². The molecule has 1 saturated carbocycles. The molecule has 0 amide bonds. The van der Waals surface area contributed by atoms with Crippen LogP contribution in [0.4, 0.5) is 0 Å². The zero-order chi connectivity index (χ0) is 7.45. The van der Waals surface area contributed by atoms with Gasteiger partial charge in [-0.05, 0) is 19.8 Å². The van der Waals surface area contributed by atoms with Gasteiger partial charge in [0.15, 0.2) is 0 Å². The van der Waals surface area contributed by atoms with Crippen LogP contribution in [0, 0.1) is 17.3 Å². The van der Waals surface area contributed by atoms with Gasteiger partial charge in [0.1, 0.15) is 0 Å². The topological polar surface area (TPSA) is 20.2 Å². The molecule has 1 N–H and O–H groups in total. The van der Waals surface area contributed by atoms with Crippen LogP contribution in [0.1, 0.15) is 32.6 Å². The van der Waals surface area contributed by atoms with Crippen molar-refractivity contribution in [3.8, 4) is 11.8 Å². The molecule has 0 radical (unpaired) electrons. The lowest BCUT2D eigenvalue weighted by Gasteiger charge is -2.17. The highest BCUT2D eigenvalue weighted by Crippen LogP contribution is 2.36. The highest BCUT2D eigenvalue weighted by Gasteiger charge is 2.30. The van der Waals surface area contributed by atoms with Crippen molar-refractivity contribution in [3.63, 3.8) is 0 Å². The lowest BCUT2D eigenvalue weighted by molar-refractivity contribution is 0.182. The summed E-state index contributed by atoms with van der Waals surface area (Å²) < 4.78 is 0. The SMILES string of the molecule is CC#CC1(CO)CCCC1. The van der Waals surface area contributed by atoms with Crippen molar-refractivity contribution in [2.24, 2.45) is 5.41 Å². The first-order valence-electron chi connectivity index (χ1n) is 3.88. The van der Waals surface area contributed by atoms with Crippen molar-refractivity contribution < 1.29 is 5.11 Å². The molecule has 1 heteroatoms. The fraction of sp³-hybridized carbons (Fsp3) is 0.778. The highest BCUT2D eigenvalue weighted by atomic mass is 16.3. The van der Waals surface area contributed by atoms with E-state index < -0.39 is 0 Å². The van der Waals surface area contributed by atoms with Gasteiger partial charge in [0.2, 0.25) is 0 Å². The Kier molecular flexibility index (Phi) is 2.34. The Morgan fingerprint density at radius 2 is 2.00 bits per heavy atom. The lowest BCUT2D eigenvalue weighted by Crippen LogP contribution is -2.18. The monoisotopic (exact) mass is 138 g/mol. The van der Waals surface area contributed by atoms with Gasteiger partial charge in [-0.15, -0.1) is 5.92 Å². The van der Waals surface area contributed by atoms with Crippen molar-refractivity contribution in [2.75, 3.05) is 6.61 Å². The molecule has 1 fully saturated rings. The summed E-state index contributed by atoms with van der Waals surface area (Å²) >= 11 is 0. The molecule has 1 aliphatic rings. The molecule has 0 saturated heterocycles. The van der Waals surface area contributed by atoms with Crippen LogP contribution in [0.5, 0.6) is 0 Å². The fourth-order valence-electron chi connectivity index (χ4n) is 1.64. The second-order valence-electron chi connectivity index (χ2n) is 3.02. The zero-order valence-electron chi connectivity index (χ0n) is 6.48. The summed E-state index contributed by atoms with van der Waals surface area (Å²) in [6.07, 6.45) is 4.64. The van der Waals surface area contributed by atoms with Crippen LogP contribution in [-0.4, -0.2) is 11.7 Å². The van der Waals surface area contributed by atoms with Crippen molar-refractivity contribution >= 4 is 0 Å². The van der Waals surface area contributed by atoms with E-state index in [1.165, 1.54) is 12.8 Å². The number of aliphatic hydroxyl groups is 1. The second kappa shape index (κ2) is 3.07. The van der Waals surface area contributed by atoms with Gasteiger partial charge in [-0.2, -0.15) is 0 Å². The van der Waals surface area contributed by atoms with Crippen LogP contribution in [0.2, 0.25) is 0 Å². The van der Waals surface area contributed by atoms with E-state index in [-0.39, 0.29) is 12.0 Å². The third kappa shape index (κ3) is 1.33. The lowest BCUT2D eigenvalue weighted by atomic mass is 9.88. The molecule has 0 spiro atoms. The van der Waals surface area contributed by atoms with Crippen LogP contribution in [0.25, 0.3) is 0 Å². The van der Waals surface area contributed by atoms with Crippen molar-refractivity contribution in [2.45, 2.75) is 32.6 Å². The van der Waals surface area contributed by atoms with E-state index in [1.807, 2.05) is 6.92 Å². The van der Waals surface area contributed by atoms with E-state index in [0.29, 0.717) is 0 Å². The molecule has 10 heavy (non-hydrogen) atoms. The third-order valence-electron chi connectivity index (χ3n) is 2.25. The van der Waals surface area contributed by atoms with Crippen LogP contribution < -0.4 is 0 Å². The first-order chi connectivity index (χ1) is 4.83. The van der Waals surface area contributed by atoms with Gasteiger partial charge in [-0.3, -0.25) is 0 Å². The molecule has 0 aromatic rings. The fourth-order valence-corrected chi connectivity index (χ4v) is 1.64. The van der Waals surface area contributed by atoms with E-state index in [4.69, 9.17) is 5.11 Å². The maximum absolute atomic E-state index is 9.05. The molecule has 56 valence electrons. The molecule has 0 bridgehead atoms. The van der Waals surface area contributed by atoms with Crippen LogP contribution in [-0.2, 0) is 0 Å². The quantitative estimate of drug-likeness (QED) is 0.545. The van der Waals surface area contributed by atoms with Crippen molar-refractivity contribution in [3.05, 3.63) is 0 Å². The molecule has 1 nitrogen and oxygen atoms in total. The first kappa shape index (κ1) is 7.63. The van der Waals surface area contributed by atoms with E-state index in [2.05, 4.69) is 11.8 Å². The Labute approximate surface area is 62.4 Å². The Hall–Kier alpha value is -0.480. The molecule has 0 aliphatic heterocycles. The summed E-state index contributed by atoms with van der Waals surface area (Å²) in [6, 6.07) is 0. The van der Waals surface area contributed by atoms with Crippen molar-refractivity contribution in [1.29, 1.82) is 0 Å². The summed E-state index contributed by atoms with van der Waals surface area (Å²) in [4.78, 5) is 0. The van der Waals surface area contributed by atoms with Gasteiger partial charge in [0, 0.05) is 0 Å². The molecule has 0 atom stereocenters. The molecule has 1 aliphatic carbocycles. The minimum absolute atomic E-state index is 0.0191. The molecule has 0 aromatic carbocycles. The first-order valence-corrected chi connectivity index (χ1v) is 3.88. The highest BCUT2D eigenvalue weighted by molar-refractivity contribution is 5.12. The van der Waals surface area contributed by atoms with Gasteiger partial charge in [-0.25, -0.2) is 0 Å². The maximum Gasteiger partial charge on any atom is 0.0597 e. The predicted octanol–water partition coefficient (Wildman–Crippen LogP) is 1.56. The predicted molar refractivity (Wildman–Crippen MR) is 41.4 cm³/mol. The standard InChI is InChI=1S/C9H14O/c1-2-5-9(8-10)6-3-4-7-9/h10H,3-4,6-8H2,1H3. The average molecular weight is 138 g/mol. The summed E-state index contributed by atoms with van der Waals surface area (Å²) in [5, 5.41) is 9.05. The Balaban J connectivity index is 2.64. The molecule has 1 rings (SSSR count). The average Bonchev–Trinajstić information content (AvgIpc) is 2.39. The van der Waals surface area contributed by atoms with Crippen molar-refractivity contribution in [1.82, 2.24) is 0 Å². The Morgan fingerprint density at radius 3 is 2.40 bits per heavy atom. The maximum atomic E-state index is 9.05. The van der Waals surface area contributed by atoms with E-state index in [0.717, 1.165) is 12.8 Å². The number of hydrogen-bond acceptors (Lipinski definition) is 1. The summed E-state index contributed by atoms with van der Waals surface area (Å²) in [6.45, 7) is 2.09. The minimum Gasteiger partial charge on any atom is -0.395 e. The summed E-state index contributed by atoms with van der Waals surface area (Å²) in [5.74, 6) is 6.00. The van der Waals surface area contributed by atoms with E-state index in [1.54, 1.807) is 0 Å². The number of rotatable bonds is 1. The third-order valence-corrected chi connectivity index (χ3v) is 2.25. The van der Waals surface area contributed by atoms with E-state index >= 15 is 0 Å². The largest absolute Gasteiger partial charge is 0.395 e. The summed E-state index contributed by atoms with van der Waals surface area (Å²) in [5.41, 5.74) is -0.0191. The smallest absolute Gasteiger partial charge is 0.0597 e. The van der Waals surface area contributed by atoms with Crippen LogP contribution in [0.15, 0.2) is 0 Å². The molecular weight excluding hydrogens is 124 g/mol. The van der Waals surface area contributed by atoms with Crippen LogP contribution >= 0.6 is 0 Å². The van der Waals surface area contributed by atoms with Gasteiger partial charge in [0.05, 0.1) is 12.0 Å². The summed E-state index contributed by atoms with van der Waals surface area (Å²) in [7, 11) is 0.